The van der Waals surface area contributed by atoms with Crippen molar-refractivity contribution in [3.63, 3.8) is 0 Å². The summed E-state index contributed by atoms with van der Waals surface area (Å²) in [6.07, 6.45) is -15.3. The Bertz CT molecular complexity index is 3060. The topological polar surface area (TPSA) is 18.5 Å². The maximum atomic E-state index is 15.8. The lowest BCUT2D eigenvalue weighted by Gasteiger charge is -2.38. The zero-order valence-corrected chi connectivity index (χ0v) is 37.1. The van der Waals surface area contributed by atoms with Gasteiger partial charge in [0.15, 0.2) is 81.4 Å². The van der Waals surface area contributed by atoms with Gasteiger partial charge in [0, 0.05) is 0 Å². The molecule has 6 rings (SSSR count). The highest BCUT2D eigenvalue weighted by atomic mass is 19.4. The van der Waals surface area contributed by atoms with Crippen molar-refractivity contribution < 1.29 is 115 Å². The third-order valence-corrected chi connectivity index (χ3v) is 12.2. The number of ether oxygens (including phenoxy) is 2. The molecule has 0 N–H and O–H groups in total. The second-order valence-corrected chi connectivity index (χ2v) is 16.2. The number of alkyl halides is 7. The molecule has 0 aliphatic rings. The molecule has 0 aliphatic heterocycles. The molecule has 0 aliphatic carbocycles. The summed E-state index contributed by atoms with van der Waals surface area (Å²) in [5.74, 6) is -50.8. The van der Waals surface area contributed by atoms with Crippen LogP contribution in [-0.2, 0) is 16.7 Å². The quantitative estimate of drug-likeness (QED) is 0.0652. The van der Waals surface area contributed by atoms with Gasteiger partial charge in [-0.15, -0.1) is 0 Å². The van der Waals surface area contributed by atoms with Crippen LogP contribution in [0, 0.1) is 98.9 Å². The molecule has 0 bridgehead atoms. The summed E-state index contributed by atoms with van der Waals surface area (Å²) in [5.41, 5.74) is -28.0. The number of benzene rings is 6. The fraction of sp³-hybridized carbons (Fsp3) is 0.250. The molecule has 26 heteroatoms. The summed E-state index contributed by atoms with van der Waals surface area (Å²) >= 11 is 0. The van der Waals surface area contributed by atoms with Gasteiger partial charge in [-0.1, -0.05) is 45.0 Å². The SMILES string of the molecule is CCC(C)(F)c1c(F)c(F)c(-c2c(F)c(F)c(Oc3ccc(C(c4ccc(OC(CC)(CC)c5c(F)c(F)c(-c6c(F)c(F)c(F)c(F)c6F)c(F)c5F)cc4)(C(F)(F)F)C(F)(F)F)cc3)c(F)c2F)c(F)c1F. The van der Waals surface area contributed by atoms with Gasteiger partial charge in [-0.3, -0.25) is 0 Å². The van der Waals surface area contributed by atoms with Crippen LogP contribution >= 0.6 is 0 Å². The van der Waals surface area contributed by atoms with Gasteiger partial charge in [0.2, 0.25) is 28.6 Å². The van der Waals surface area contributed by atoms with Gasteiger partial charge in [-0.25, -0.2) is 70.2 Å². The van der Waals surface area contributed by atoms with Crippen molar-refractivity contribution in [2.75, 3.05) is 0 Å². The van der Waals surface area contributed by atoms with E-state index in [2.05, 4.69) is 4.74 Å². The van der Waals surface area contributed by atoms with Crippen LogP contribution < -0.4 is 9.47 Å². The minimum atomic E-state index is -6.44. The molecule has 0 radical (unpaired) electrons. The number of halogens is 24. The van der Waals surface area contributed by atoms with Crippen LogP contribution in [0.1, 0.15) is 69.2 Å². The van der Waals surface area contributed by atoms with E-state index < -0.39 is 209 Å². The normalized spacial score (nSPS) is 13.4. The number of hydrogen-bond acceptors (Lipinski definition) is 2. The van der Waals surface area contributed by atoms with E-state index in [-0.39, 0.29) is 36.4 Å². The molecule has 1 unspecified atom stereocenters. The second-order valence-electron chi connectivity index (χ2n) is 16.2. The van der Waals surface area contributed by atoms with Crippen molar-refractivity contribution in [3.05, 3.63) is 170 Å². The Hall–Kier alpha value is -6.76. The molecule has 6 aromatic rings. The smallest absolute Gasteiger partial charge is 0.411 e. The Kier molecular flexibility index (Phi) is 14.9. The lowest BCUT2D eigenvalue weighted by atomic mass is 9.73. The van der Waals surface area contributed by atoms with Gasteiger partial charge in [0.1, 0.15) is 22.8 Å². The van der Waals surface area contributed by atoms with Crippen molar-refractivity contribution in [2.45, 2.75) is 76.0 Å². The van der Waals surface area contributed by atoms with Crippen LogP contribution in [0.3, 0.4) is 0 Å². The lowest BCUT2D eigenvalue weighted by molar-refractivity contribution is -0.288. The Morgan fingerprint density at radius 1 is 0.338 bits per heavy atom. The van der Waals surface area contributed by atoms with Crippen LogP contribution in [0.15, 0.2) is 48.5 Å². The minimum absolute atomic E-state index is 0.0195. The van der Waals surface area contributed by atoms with Gasteiger partial charge >= 0.3 is 12.4 Å². The first-order valence-electron chi connectivity index (χ1n) is 20.7. The maximum Gasteiger partial charge on any atom is 0.411 e. The Balaban J connectivity index is 1.40. The number of hydrogen-bond donors (Lipinski definition) is 0. The average Bonchev–Trinajstić information content (AvgIpc) is 3.34. The van der Waals surface area contributed by atoms with E-state index >= 15 is 70.2 Å². The summed E-state index contributed by atoms with van der Waals surface area (Å²) in [7, 11) is 0. The zero-order chi connectivity index (χ0) is 55.9. The first-order chi connectivity index (χ1) is 34.2. The van der Waals surface area contributed by atoms with E-state index in [4.69, 9.17) is 4.74 Å². The van der Waals surface area contributed by atoms with Crippen LogP contribution in [0.25, 0.3) is 22.3 Å². The summed E-state index contributed by atoms with van der Waals surface area (Å²) < 4.78 is 370. The molecule has 1 atom stereocenters. The van der Waals surface area contributed by atoms with E-state index in [9.17, 15) is 35.1 Å². The molecule has 0 saturated heterocycles. The minimum Gasteiger partial charge on any atom is -0.482 e. The maximum absolute atomic E-state index is 15.8. The van der Waals surface area contributed by atoms with Gasteiger partial charge in [0.05, 0.1) is 33.4 Å². The fourth-order valence-electron chi connectivity index (χ4n) is 8.15. The monoisotopic (exact) mass is 1090 g/mol. The van der Waals surface area contributed by atoms with Gasteiger partial charge in [0.25, 0.3) is 0 Å². The van der Waals surface area contributed by atoms with Gasteiger partial charge in [-0.05, 0) is 61.6 Å². The largest absolute Gasteiger partial charge is 0.482 e. The van der Waals surface area contributed by atoms with Crippen LogP contribution in [0.2, 0.25) is 0 Å². The molecular formula is C48H26F24O2. The van der Waals surface area contributed by atoms with Gasteiger partial charge in [-0.2, -0.15) is 35.1 Å². The Morgan fingerprint density at radius 2 is 0.622 bits per heavy atom. The summed E-state index contributed by atoms with van der Waals surface area (Å²) in [4.78, 5) is 0. The van der Waals surface area contributed by atoms with Crippen LogP contribution in [-0.4, -0.2) is 12.4 Å². The second kappa shape index (κ2) is 19.5. The van der Waals surface area contributed by atoms with Crippen molar-refractivity contribution in [1.29, 1.82) is 0 Å². The summed E-state index contributed by atoms with van der Waals surface area (Å²) in [6.45, 7) is 3.47. The molecule has 0 aromatic heterocycles. The van der Waals surface area contributed by atoms with E-state index in [0.717, 1.165) is 20.8 Å². The lowest BCUT2D eigenvalue weighted by Crippen LogP contribution is -2.54. The molecule has 398 valence electrons. The first-order valence-corrected chi connectivity index (χ1v) is 20.7. The van der Waals surface area contributed by atoms with E-state index in [0.29, 0.717) is 19.1 Å². The molecular weight excluding hydrogens is 1060 g/mol. The highest BCUT2D eigenvalue weighted by Gasteiger charge is 2.72. The highest BCUT2D eigenvalue weighted by molar-refractivity contribution is 5.70. The highest BCUT2D eigenvalue weighted by Crippen LogP contribution is 2.57. The molecule has 0 heterocycles. The summed E-state index contributed by atoms with van der Waals surface area (Å²) in [5, 5.41) is 0. The molecule has 0 saturated carbocycles. The average molecular weight is 1090 g/mol. The Morgan fingerprint density at radius 3 is 0.932 bits per heavy atom. The van der Waals surface area contributed by atoms with Crippen molar-refractivity contribution >= 4 is 0 Å². The van der Waals surface area contributed by atoms with E-state index in [1.807, 2.05) is 0 Å². The molecule has 0 amide bonds. The van der Waals surface area contributed by atoms with Gasteiger partial charge < -0.3 is 9.47 Å². The zero-order valence-electron chi connectivity index (χ0n) is 37.1. The fourth-order valence-corrected chi connectivity index (χ4v) is 8.15. The van der Waals surface area contributed by atoms with Crippen LogP contribution in [0.4, 0.5) is 105 Å². The third kappa shape index (κ3) is 8.57. The molecule has 2 nitrogen and oxygen atoms in total. The molecule has 0 fully saturated rings. The van der Waals surface area contributed by atoms with E-state index in [1.165, 1.54) is 0 Å². The standard InChI is InChI=1S/C48H26F24O2/c1-5-44(4,66)24-34(57)26(49)21(27(50)35(24)58)23-32(55)41(64)43(42(65)33(23)56)73-18-12-8-16(9-13-18)46(47(67,68)69,48(70,71)72)17-10-14-19(15-11-17)74-45(6-2,7-3)25-36(59)28(51)20(29(52)37(25)60)22-30(53)38(61)40(63)39(62)31(22)54/h8-15H,5-7H2,1-4H3. The summed E-state index contributed by atoms with van der Waals surface area (Å²) in [6, 6.07) is 1.09. The Labute approximate surface area is 399 Å². The predicted molar refractivity (Wildman–Crippen MR) is 211 cm³/mol. The molecule has 74 heavy (non-hydrogen) atoms. The predicted octanol–water partition coefficient (Wildman–Crippen LogP) is 17.3. The van der Waals surface area contributed by atoms with E-state index in [1.54, 1.807) is 0 Å². The van der Waals surface area contributed by atoms with Crippen molar-refractivity contribution in [2.24, 2.45) is 0 Å². The number of rotatable bonds is 13. The van der Waals surface area contributed by atoms with Crippen molar-refractivity contribution in [1.82, 2.24) is 0 Å². The van der Waals surface area contributed by atoms with Crippen molar-refractivity contribution in [3.8, 4) is 39.5 Å². The first kappa shape index (κ1) is 56.5. The molecule has 6 aromatic carbocycles. The molecule has 0 spiro atoms. The third-order valence-electron chi connectivity index (χ3n) is 12.2. The van der Waals surface area contributed by atoms with Crippen LogP contribution in [0.5, 0.6) is 17.2 Å².